The van der Waals surface area contributed by atoms with Gasteiger partial charge >= 0.3 is 0 Å². The van der Waals surface area contributed by atoms with Crippen LogP contribution < -0.4 is 5.32 Å². The van der Waals surface area contributed by atoms with E-state index in [0.29, 0.717) is 39.3 Å². The first-order valence-electron chi connectivity index (χ1n) is 8.75. The Bertz CT molecular complexity index is 654. The molecule has 1 saturated heterocycles. The van der Waals surface area contributed by atoms with E-state index in [2.05, 4.69) is 5.32 Å². The summed E-state index contributed by atoms with van der Waals surface area (Å²) in [6.07, 6.45) is 0. The fourth-order valence-corrected chi connectivity index (χ4v) is 4.57. The maximum absolute atomic E-state index is 12.6. The normalized spacial score (nSPS) is 18.2. The Hall–Kier alpha value is -1.48. The molecule has 0 aliphatic carbocycles. The number of para-hydroxylation sites is 1. The number of piperazine rings is 1. The molecule has 1 aromatic rings. The van der Waals surface area contributed by atoms with Crippen molar-refractivity contribution >= 4 is 21.8 Å². The molecule has 1 amide bonds. The van der Waals surface area contributed by atoms with Crippen LogP contribution in [0.25, 0.3) is 0 Å². The van der Waals surface area contributed by atoms with E-state index >= 15 is 0 Å². The number of carbonyl (C=O) groups is 1. The lowest BCUT2D eigenvalue weighted by Crippen LogP contribution is -2.56. The van der Waals surface area contributed by atoms with Gasteiger partial charge in [-0.2, -0.15) is 17.0 Å². The van der Waals surface area contributed by atoms with Gasteiger partial charge in [-0.25, -0.2) is 0 Å². The summed E-state index contributed by atoms with van der Waals surface area (Å²) in [7, 11) is -3.40. The number of hydrogen-bond donors (Lipinski definition) is 1. The maximum atomic E-state index is 12.6. The maximum Gasteiger partial charge on any atom is 0.282 e. The van der Waals surface area contributed by atoms with Gasteiger partial charge in [0.2, 0.25) is 5.91 Å². The van der Waals surface area contributed by atoms with Gasteiger partial charge in [0, 0.05) is 45.0 Å². The van der Waals surface area contributed by atoms with Gasteiger partial charge in [0.25, 0.3) is 10.2 Å². The summed E-state index contributed by atoms with van der Waals surface area (Å²) in [4.78, 5) is 14.4. The highest BCUT2D eigenvalue weighted by Crippen LogP contribution is 2.15. The van der Waals surface area contributed by atoms with Gasteiger partial charge in [-0.1, -0.05) is 32.0 Å². The molecule has 2 rings (SSSR count). The van der Waals surface area contributed by atoms with E-state index in [0.717, 1.165) is 5.69 Å². The van der Waals surface area contributed by atoms with Crippen molar-refractivity contribution in [2.24, 2.45) is 0 Å². The third kappa shape index (κ3) is 4.78. The van der Waals surface area contributed by atoms with E-state index in [-0.39, 0.29) is 11.9 Å². The number of benzene rings is 1. The molecule has 1 aliphatic rings. The lowest BCUT2D eigenvalue weighted by atomic mass is 10.2. The molecule has 8 heteroatoms. The molecule has 1 atom stereocenters. The van der Waals surface area contributed by atoms with Crippen LogP contribution >= 0.6 is 0 Å². The Morgan fingerprint density at radius 3 is 2.20 bits per heavy atom. The molecule has 1 aromatic carbocycles. The number of carbonyl (C=O) groups excluding carboxylic acids is 1. The fourth-order valence-electron chi connectivity index (χ4n) is 2.97. The first-order valence-corrected chi connectivity index (χ1v) is 10.1. The van der Waals surface area contributed by atoms with Crippen molar-refractivity contribution in [3.05, 3.63) is 30.3 Å². The summed E-state index contributed by atoms with van der Waals surface area (Å²) < 4.78 is 28.1. The van der Waals surface area contributed by atoms with E-state index < -0.39 is 10.2 Å². The third-order valence-electron chi connectivity index (χ3n) is 4.60. The molecule has 7 nitrogen and oxygen atoms in total. The SMILES string of the molecule is CCN(CC)S(=O)(=O)N1CCN(C(C)C(=O)Nc2ccccc2)CC1. The number of hydrogen-bond acceptors (Lipinski definition) is 4. The van der Waals surface area contributed by atoms with Crippen LogP contribution in [-0.2, 0) is 15.0 Å². The Morgan fingerprint density at radius 1 is 1.12 bits per heavy atom. The van der Waals surface area contributed by atoms with Crippen molar-refractivity contribution in [3.8, 4) is 0 Å². The van der Waals surface area contributed by atoms with E-state index in [4.69, 9.17) is 0 Å². The second-order valence-corrected chi connectivity index (χ2v) is 7.99. The summed E-state index contributed by atoms with van der Waals surface area (Å²) >= 11 is 0. The zero-order chi connectivity index (χ0) is 18.4. The highest BCUT2D eigenvalue weighted by molar-refractivity contribution is 7.86. The number of nitrogens with zero attached hydrogens (tertiary/aromatic N) is 3. The summed E-state index contributed by atoms with van der Waals surface area (Å²) in [6.45, 7) is 8.37. The second kappa shape index (κ2) is 8.75. The number of amides is 1. The van der Waals surface area contributed by atoms with E-state index in [9.17, 15) is 13.2 Å². The van der Waals surface area contributed by atoms with Crippen LogP contribution in [-0.4, -0.2) is 73.1 Å². The molecule has 1 N–H and O–H groups in total. The predicted molar refractivity (Wildman–Crippen MR) is 99.5 cm³/mol. The van der Waals surface area contributed by atoms with Crippen molar-refractivity contribution in [1.82, 2.24) is 13.5 Å². The monoisotopic (exact) mass is 368 g/mol. The lowest BCUT2D eigenvalue weighted by molar-refractivity contribution is -0.121. The molecule has 25 heavy (non-hydrogen) atoms. The van der Waals surface area contributed by atoms with Crippen molar-refractivity contribution in [3.63, 3.8) is 0 Å². The second-order valence-electron chi connectivity index (χ2n) is 6.06. The molecule has 1 unspecified atom stereocenters. The van der Waals surface area contributed by atoms with Crippen molar-refractivity contribution in [2.75, 3.05) is 44.6 Å². The zero-order valence-electron chi connectivity index (χ0n) is 15.2. The average Bonchev–Trinajstić information content (AvgIpc) is 2.63. The van der Waals surface area contributed by atoms with E-state index in [1.54, 1.807) is 0 Å². The highest BCUT2D eigenvalue weighted by Gasteiger charge is 2.33. The minimum absolute atomic E-state index is 0.0775. The summed E-state index contributed by atoms with van der Waals surface area (Å²) in [5.41, 5.74) is 0.766. The molecule has 0 radical (unpaired) electrons. The van der Waals surface area contributed by atoms with Gasteiger partial charge in [-0.3, -0.25) is 9.69 Å². The van der Waals surface area contributed by atoms with Gasteiger partial charge in [-0.05, 0) is 19.1 Å². The molecule has 1 heterocycles. The van der Waals surface area contributed by atoms with E-state index in [1.807, 2.05) is 56.0 Å². The van der Waals surface area contributed by atoms with Crippen LogP contribution in [0.2, 0.25) is 0 Å². The van der Waals surface area contributed by atoms with Gasteiger partial charge < -0.3 is 5.32 Å². The minimum Gasteiger partial charge on any atom is -0.325 e. The van der Waals surface area contributed by atoms with Gasteiger partial charge in [0.1, 0.15) is 0 Å². The summed E-state index contributed by atoms with van der Waals surface area (Å²) in [6, 6.07) is 9.03. The van der Waals surface area contributed by atoms with Crippen LogP contribution in [0.1, 0.15) is 20.8 Å². The summed E-state index contributed by atoms with van der Waals surface area (Å²) in [5, 5.41) is 2.90. The van der Waals surface area contributed by atoms with Crippen LogP contribution in [0, 0.1) is 0 Å². The third-order valence-corrected chi connectivity index (χ3v) is 6.79. The molecule has 1 fully saturated rings. The molecule has 0 saturated carbocycles. The lowest BCUT2D eigenvalue weighted by Gasteiger charge is -2.38. The molecule has 1 aliphatic heterocycles. The van der Waals surface area contributed by atoms with Crippen LogP contribution in [0.5, 0.6) is 0 Å². The van der Waals surface area contributed by atoms with Crippen LogP contribution in [0.3, 0.4) is 0 Å². The van der Waals surface area contributed by atoms with Gasteiger partial charge in [0.05, 0.1) is 6.04 Å². The topological polar surface area (TPSA) is 73.0 Å². The van der Waals surface area contributed by atoms with Crippen molar-refractivity contribution in [1.29, 1.82) is 0 Å². The molecular weight excluding hydrogens is 340 g/mol. The van der Waals surface area contributed by atoms with Crippen molar-refractivity contribution < 1.29 is 13.2 Å². The molecule has 0 bridgehead atoms. The number of nitrogens with one attached hydrogen (secondary N) is 1. The predicted octanol–water partition coefficient (Wildman–Crippen LogP) is 1.22. The zero-order valence-corrected chi connectivity index (χ0v) is 16.0. The number of rotatable bonds is 7. The first kappa shape index (κ1) is 19.8. The first-order chi connectivity index (χ1) is 11.9. The van der Waals surface area contributed by atoms with Gasteiger partial charge in [0.15, 0.2) is 0 Å². The molecular formula is C17H28N4O3S. The standard InChI is InChI=1S/C17H28N4O3S/c1-4-20(5-2)25(23,24)21-13-11-19(12-14-21)15(3)17(22)18-16-9-7-6-8-10-16/h6-10,15H,4-5,11-14H2,1-3H3,(H,18,22). The Balaban J connectivity index is 1.92. The highest BCUT2D eigenvalue weighted by atomic mass is 32.2. The molecule has 0 spiro atoms. The Labute approximate surface area is 150 Å². The molecule has 0 aromatic heterocycles. The van der Waals surface area contributed by atoms with Crippen LogP contribution in [0.4, 0.5) is 5.69 Å². The largest absolute Gasteiger partial charge is 0.325 e. The quantitative estimate of drug-likeness (QED) is 0.785. The smallest absolute Gasteiger partial charge is 0.282 e. The summed E-state index contributed by atoms with van der Waals surface area (Å²) in [5.74, 6) is -0.0775. The van der Waals surface area contributed by atoms with Gasteiger partial charge in [-0.15, -0.1) is 0 Å². The van der Waals surface area contributed by atoms with E-state index in [1.165, 1.54) is 8.61 Å². The van der Waals surface area contributed by atoms with Crippen LogP contribution in [0.15, 0.2) is 30.3 Å². The number of anilines is 1. The fraction of sp³-hybridized carbons (Fsp3) is 0.588. The Kier molecular flexibility index (Phi) is 6.95. The van der Waals surface area contributed by atoms with Crippen molar-refractivity contribution in [2.45, 2.75) is 26.8 Å². The average molecular weight is 369 g/mol. The minimum atomic E-state index is -3.40. The Morgan fingerprint density at radius 2 is 1.68 bits per heavy atom. The molecule has 140 valence electrons.